The lowest BCUT2D eigenvalue weighted by Crippen LogP contribution is -2.19. The van der Waals surface area contributed by atoms with Crippen LogP contribution in [0, 0.1) is 5.82 Å². The first-order valence-electron chi connectivity index (χ1n) is 8.26. The molecule has 0 radical (unpaired) electrons. The van der Waals surface area contributed by atoms with E-state index in [1.807, 2.05) is 0 Å². The number of carbonyl (C=O) groups is 1. The Hall–Kier alpha value is -3.17. The monoisotopic (exact) mass is 399 g/mol. The van der Waals surface area contributed by atoms with Gasteiger partial charge < -0.3 is 20.9 Å². The second-order valence-electron chi connectivity index (χ2n) is 5.99. The van der Waals surface area contributed by atoms with Crippen LogP contribution in [0.1, 0.15) is 5.69 Å². The summed E-state index contributed by atoms with van der Waals surface area (Å²) in [6, 6.07) is 13.5. The third-order valence-electron chi connectivity index (χ3n) is 3.65. The summed E-state index contributed by atoms with van der Waals surface area (Å²) in [4.78, 5) is 20.6. The normalized spacial score (nSPS) is 11.7. The lowest BCUT2D eigenvalue weighted by atomic mass is 10.2. The number of hydrogen-bond donors (Lipinski definition) is 3. The Labute approximate surface area is 164 Å². The number of nitrogens with zero attached hydrogens (tertiary/aromatic N) is 2. The highest BCUT2D eigenvalue weighted by Crippen LogP contribution is 2.20. The Balaban J connectivity index is 1.68. The number of nitrogens with two attached hydrogens (primary N) is 1. The summed E-state index contributed by atoms with van der Waals surface area (Å²) >= 11 is -1.04. The number of rotatable bonds is 5. The molecule has 1 atom stereocenters. The zero-order valence-corrected chi connectivity index (χ0v) is 15.8. The minimum absolute atomic E-state index is 0.295. The van der Waals surface area contributed by atoms with E-state index in [-0.39, 0.29) is 5.82 Å². The Morgan fingerprint density at radius 2 is 1.64 bits per heavy atom. The van der Waals surface area contributed by atoms with Crippen LogP contribution in [0.15, 0.2) is 54.6 Å². The molecule has 0 aliphatic heterocycles. The molecule has 2 aromatic carbocycles. The summed E-state index contributed by atoms with van der Waals surface area (Å²) in [5.74, 6) is 0.635. The maximum absolute atomic E-state index is 12.9. The molecule has 1 heterocycles. The molecule has 0 spiro atoms. The van der Waals surface area contributed by atoms with Crippen molar-refractivity contribution in [1.82, 2.24) is 9.97 Å². The van der Waals surface area contributed by atoms with Gasteiger partial charge in [-0.2, -0.15) is 0 Å². The van der Waals surface area contributed by atoms with Crippen molar-refractivity contribution in [1.29, 1.82) is 0 Å². The molecule has 3 rings (SSSR count). The minimum Gasteiger partial charge on any atom is -0.616 e. The van der Waals surface area contributed by atoms with Crippen molar-refractivity contribution in [3.63, 3.8) is 0 Å². The fourth-order valence-corrected chi connectivity index (χ4v) is 3.02. The predicted octanol–water partition coefficient (Wildman–Crippen LogP) is 3.39. The maximum atomic E-state index is 12.9. The quantitative estimate of drug-likeness (QED) is 0.569. The highest BCUT2D eigenvalue weighted by molar-refractivity contribution is 7.89. The molecule has 9 heteroatoms. The number of halogens is 1. The van der Waals surface area contributed by atoms with Crippen LogP contribution in [-0.4, -0.2) is 26.8 Å². The van der Waals surface area contributed by atoms with E-state index >= 15 is 0 Å². The molecule has 0 aliphatic carbocycles. The fourth-order valence-electron chi connectivity index (χ4n) is 2.46. The zero-order valence-electron chi connectivity index (χ0n) is 15.0. The van der Waals surface area contributed by atoms with Gasteiger partial charge in [0.15, 0.2) is 5.82 Å². The Morgan fingerprint density at radius 3 is 2.21 bits per heavy atom. The lowest BCUT2D eigenvalue weighted by molar-refractivity contribution is 0.262. The Bertz CT molecular complexity index is 965. The van der Waals surface area contributed by atoms with Gasteiger partial charge in [-0.05, 0) is 48.5 Å². The number of aromatic nitrogens is 2. The van der Waals surface area contributed by atoms with Gasteiger partial charge in [-0.15, -0.1) is 0 Å². The van der Waals surface area contributed by atoms with Crippen molar-refractivity contribution in [2.75, 3.05) is 22.6 Å². The van der Waals surface area contributed by atoms with Crippen LogP contribution in [0.25, 0.3) is 11.4 Å². The maximum Gasteiger partial charge on any atom is 0.323 e. The Morgan fingerprint density at radius 1 is 1.07 bits per heavy atom. The molecular weight excluding hydrogens is 381 g/mol. The van der Waals surface area contributed by atoms with Crippen molar-refractivity contribution in [2.45, 2.75) is 5.75 Å². The molecule has 3 aromatic rings. The summed E-state index contributed by atoms with van der Waals surface area (Å²) < 4.78 is 24.3. The van der Waals surface area contributed by atoms with E-state index in [1.54, 1.807) is 36.6 Å². The topological polar surface area (TPSA) is 116 Å². The molecule has 28 heavy (non-hydrogen) atoms. The molecule has 0 bridgehead atoms. The van der Waals surface area contributed by atoms with E-state index in [1.165, 1.54) is 24.3 Å². The van der Waals surface area contributed by atoms with Crippen LogP contribution in [0.4, 0.5) is 26.4 Å². The molecule has 1 unspecified atom stereocenters. The summed E-state index contributed by atoms with van der Waals surface area (Å²) in [5, 5.41) is 5.29. The largest absolute Gasteiger partial charge is 0.616 e. The molecule has 144 valence electrons. The average Bonchev–Trinajstić information content (AvgIpc) is 2.63. The molecule has 2 amide bonds. The predicted molar refractivity (Wildman–Crippen MR) is 109 cm³/mol. The van der Waals surface area contributed by atoms with E-state index in [0.29, 0.717) is 40.0 Å². The molecule has 0 aliphatic rings. The van der Waals surface area contributed by atoms with Crippen molar-refractivity contribution in [3.8, 4) is 11.4 Å². The van der Waals surface area contributed by atoms with Crippen LogP contribution in [0.3, 0.4) is 0 Å². The first-order chi connectivity index (χ1) is 13.4. The van der Waals surface area contributed by atoms with E-state index in [0.717, 1.165) is 0 Å². The number of amides is 2. The molecule has 0 fully saturated rings. The number of nitrogens with one attached hydrogen (secondary N) is 2. The fraction of sp³-hybridized carbons (Fsp3) is 0.105. The first-order valence-corrected chi connectivity index (χ1v) is 9.99. The van der Waals surface area contributed by atoms with Gasteiger partial charge in [0.1, 0.15) is 17.4 Å². The molecule has 1 aromatic heterocycles. The van der Waals surface area contributed by atoms with Gasteiger partial charge >= 0.3 is 6.03 Å². The number of benzene rings is 2. The van der Waals surface area contributed by atoms with Crippen LogP contribution < -0.4 is 16.4 Å². The van der Waals surface area contributed by atoms with Crippen molar-refractivity contribution < 1.29 is 13.7 Å². The highest BCUT2D eigenvalue weighted by atomic mass is 32.2. The van der Waals surface area contributed by atoms with Crippen LogP contribution in [-0.2, 0) is 16.9 Å². The number of carbonyl (C=O) groups excluding carboxylic acids is 1. The van der Waals surface area contributed by atoms with Crippen LogP contribution in [0.5, 0.6) is 0 Å². The molecule has 0 saturated carbocycles. The van der Waals surface area contributed by atoms with Gasteiger partial charge in [0.2, 0.25) is 0 Å². The third kappa shape index (κ3) is 5.41. The van der Waals surface area contributed by atoms with Gasteiger partial charge in [-0.25, -0.2) is 19.2 Å². The van der Waals surface area contributed by atoms with E-state index < -0.39 is 17.2 Å². The van der Waals surface area contributed by atoms with Gasteiger partial charge in [-0.3, -0.25) is 0 Å². The van der Waals surface area contributed by atoms with Gasteiger partial charge in [0.05, 0.1) is 11.9 Å². The van der Waals surface area contributed by atoms with Crippen molar-refractivity contribution >= 4 is 34.4 Å². The molecule has 7 nitrogen and oxygen atoms in total. The van der Waals surface area contributed by atoms with Crippen molar-refractivity contribution in [2.24, 2.45) is 0 Å². The number of hydrogen-bond acceptors (Lipinski definition) is 5. The number of anilines is 3. The summed E-state index contributed by atoms with van der Waals surface area (Å²) in [6.45, 7) is 0. The summed E-state index contributed by atoms with van der Waals surface area (Å²) in [5.41, 5.74) is 8.16. The summed E-state index contributed by atoms with van der Waals surface area (Å²) in [7, 11) is 0. The van der Waals surface area contributed by atoms with Crippen LogP contribution in [0.2, 0.25) is 0 Å². The van der Waals surface area contributed by atoms with Crippen LogP contribution >= 0.6 is 0 Å². The first kappa shape index (κ1) is 19.6. The molecule has 4 N–H and O–H groups in total. The highest BCUT2D eigenvalue weighted by Gasteiger charge is 2.10. The SMILES string of the molecule is C[S+]([O-])Cc1cc(N)nc(-c2ccc(NC(=O)Nc3ccc(F)cc3)cc2)n1. The zero-order chi connectivity index (χ0) is 20.1. The smallest absolute Gasteiger partial charge is 0.323 e. The number of nitrogen functional groups attached to an aromatic ring is 1. The third-order valence-corrected chi connectivity index (χ3v) is 4.36. The second-order valence-corrected chi connectivity index (χ2v) is 7.42. The lowest BCUT2D eigenvalue weighted by Gasteiger charge is -2.09. The Kier molecular flexibility index (Phi) is 6.07. The van der Waals surface area contributed by atoms with E-state index in [2.05, 4.69) is 20.6 Å². The van der Waals surface area contributed by atoms with Gasteiger partial charge in [0.25, 0.3) is 0 Å². The van der Waals surface area contributed by atoms with E-state index in [9.17, 15) is 13.7 Å². The number of urea groups is 1. The van der Waals surface area contributed by atoms with Gasteiger partial charge in [-0.1, -0.05) is 11.2 Å². The van der Waals surface area contributed by atoms with E-state index in [4.69, 9.17) is 5.73 Å². The van der Waals surface area contributed by atoms with Crippen molar-refractivity contribution in [3.05, 3.63) is 66.1 Å². The summed E-state index contributed by atoms with van der Waals surface area (Å²) in [6.07, 6.45) is 1.59. The molecule has 0 saturated heterocycles. The average molecular weight is 399 g/mol. The standard InChI is InChI=1S/C19H18FN5O2S/c1-28(27)11-16-10-17(21)25-18(22-16)12-2-6-14(7-3-12)23-19(26)24-15-8-4-13(20)5-9-15/h2-10H,11H2,1H3,(H2,21,22,25)(H2,23,24,26). The second kappa shape index (κ2) is 8.68. The minimum atomic E-state index is -1.04. The molecular formula is C19H18FN5O2S. The van der Waals surface area contributed by atoms with Gasteiger partial charge in [0, 0.05) is 23.0 Å².